The summed E-state index contributed by atoms with van der Waals surface area (Å²) < 4.78 is 0. The van der Waals surface area contributed by atoms with E-state index in [9.17, 15) is 9.59 Å². The monoisotopic (exact) mass is 189 g/mol. The zero-order valence-corrected chi connectivity index (χ0v) is 7.96. The molecule has 14 heavy (non-hydrogen) atoms. The third-order valence-corrected chi connectivity index (χ3v) is 2.41. The lowest BCUT2D eigenvalue weighted by atomic mass is 10.00. The van der Waals surface area contributed by atoms with E-state index in [-0.39, 0.29) is 11.7 Å². The minimum Gasteiger partial charge on any atom is -0.326 e. The van der Waals surface area contributed by atoms with Crippen LogP contribution in [0.4, 0.5) is 5.69 Å². The summed E-state index contributed by atoms with van der Waals surface area (Å²) in [5, 5.41) is 2.76. The SMILES string of the molecule is CC(=O)c1ccc2c(c1)NC(=O)CC2. The number of fused-ring (bicyclic) bond motifs is 1. The van der Waals surface area contributed by atoms with Crippen LogP contribution < -0.4 is 5.32 Å². The Morgan fingerprint density at radius 3 is 2.86 bits per heavy atom. The summed E-state index contributed by atoms with van der Waals surface area (Å²) in [5.41, 5.74) is 2.54. The fourth-order valence-corrected chi connectivity index (χ4v) is 1.59. The van der Waals surface area contributed by atoms with E-state index in [1.165, 1.54) is 6.92 Å². The number of nitrogens with one attached hydrogen (secondary N) is 1. The summed E-state index contributed by atoms with van der Waals surface area (Å²) >= 11 is 0. The highest BCUT2D eigenvalue weighted by molar-refractivity contribution is 5.98. The lowest BCUT2D eigenvalue weighted by Crippen LogP contribution is -2.19. The van der Waals surface area contributed by atoms with Gasteiger partial charge in [0.1, 0.15) is 0 Å². The molecule has 0 atom stereocenters. The first-order chi connectivity index (χ1) is 6.66. The first-order valence-corrected chi connectivity index (χ1v) is 4.60. The van der Waals surface area contributed by atoms with Crippen molar-refractivity contribution in [1.82, 2.24) is 0 Å². The Morgan fingerprint density at radius 1 is 1.36 bits per heavy atom. The number of anilines is 1. The molecule has 72 valence electrons. The van der Waals surface area contributed by atoms with E-state index in [1.54, 1.807) is 12.1 Å². The lowest BCUT2D eigenvalue weighted by Gasteiger charge is -2.16. The van der Waals surface area contributed by atoms with E-state index in [1.807, 2.05) is 6.07 Å². The van der Waals surface area contributed by atoms with Crippen molar-refractivity contribution in [3.63, 3.8) is 0 Å². The average Bonchev–Trinajstić information content (AvgIpc) is 2.16. The highest BCUT2D eigenvalue weighted by Gasteiger charge is 2.15. The molecule has 1 aliphatic rings. The van der Waals surface area contributed by atoms with Gasteiger partial charge in [0.25, 0.3) is 0 Å². The van der Waals surface area contributed by atoms with Gasteiger partial charge in [0.05, 0.1) is 0 Å². The second-order valence-electron chi connectivity index (χ2n) is 3.48. The molecule has 1 aromatic carbocycles. The third-order valence-electron chi connectivity index (χ3n) is 2.41. The molecule has 0 saturated heterocycles. The maximum absolute atomic E-state index is 11.1. The van der Waals surface area contributed by atoms with Crippen molar-refractivity contribution >= 4 is 17.4 Å². The molecular weight excluding hydrogens is 178 g/mol. The molecule has 1 amide bonds. The van der Waals surface area contributed by atoms with Gasteiger partial charge in [-0.1, -0.05) is 12.1 Å². The van der Waals surface area contributed by atoms with Crippen LogP contribution in [0.25, 0.3) is 0 Å². The summed E-state index contributed by atoms with van der Waals surface area (Å²) in [7, 11) is 0. The first kappa shape index (κ1) is 8.94. The topological polar surface area (TPSA) is 46.2 Å². The summed E-state index contributed by atoms with van der Waals surface area (Å²) in [6.45, 7) is 1.52. The fourth-order valence-electron chi connectivity index (χ4n) is 1.59. The maximum Gasteiger partial charge on any atom is 0.224 e. The largest absolute Gasteiger partial charge is 0.326 e. The quantitative estimate of drug-likeness (QED) is 0.684. The van der Waals surface area contributed by atoms with Gasteiger partial charge in [0.2, 0.25) is 5.91 Å². The molecule has 0 saturated carbocycles. The molecule has 3 heteroatoms. The molecule has 1 aromatic rings. The fraction of sp³-hybridized carbons (Fsp3) is 0.273. The Balaban J connectivity index is 2.42. The Bertz CT molecular complexity index is 410. The number of amides is 1. The zero-order chi connectivity index (χ0) is 10.1. The number of aryl methyl sites for hydroxylation is 1. The van der Waals surface area contributed by atoms with Crippen LogP contribution in [0.1, 0.15) is 29.3 Å². The molecule has 0 unspecified atom stereocenters. The normalized spacial score (nSPS) is 14.5. The van der Waals surface area contributed by atoms with Crippen LogP contribution in [0.3, 0.4) is 0 Å². The minimum absolute atomic E-state index is 0.0209. The maximum atomic E-state index is 11.1. The molecule has 0 radical (unpaired) electrons. The molecule has 0 spiro atoms. The Hall–Kier alpha value is -1.64. The molecule has 1 heterocycles. The van der Waals surface area contributed by atoms with Crippen LogP contribution in [0, 0.1) is 0 Å². The highest BCUT2D eigenvalue weighted by Crippen LogP contribution is 2.23. The predicted molar refractivity (Wildman–Crippen MR) is 53.4 cm³/mol. The number of rotatable bonds is 1. The van der Waals surface area contributed by atoms with Crippen LogP contribution in [0.15, 0.2) is 18.2 Å². The van der Waals surface area contributed by atoms with Crippen LogP contribution in [0.2, 0.25) is 0 Å². The van der Waals surface area contributed by atoms with Crippen molar-refractivity contribution in [3.05, 3.63) is 29.3 Å². The van der Waals surface area contributed by atoms with Gasteiger partial charge < -0.3 is 5.32 Å². The Labute approximate surface area is 82.1 Å². The highest BCUT2D eigenvalue weighted by atomic mass is 16.1. The van der Waals surface area contributed by atoms with Crippen molar-refractivity contribution < 1.29 is 9.59 Å². The van der Waals surface area contributed by atoms with E-state index < -0.39 is 0 Å². The number of benzene rings is 1. The molecule has 1 aliphatic heterocycles. The van der Waals surface area contributed by atoms with E-state index in [2.05, 4.69) is 5.32 Å². The van der Waals surface area contributed by atoms with Crippen LogP contribution in [-0.2, 0) is 11.2 Å². The van der Waals surface area contributed by atoms with Crippen molar-refractivity contribution in [2.24, 2.45) is 0 Å². The zero-order valence-electron chi connectivity index (χ0n) is 7.96. The number of hydrogen-bond donors (Lipinski definition) is 1. The number of carbonyl (C=O) groups is 2. The molecule has 0 bridgehead atoms. The van der Waals surface area contributed by atoms with E-state index in [4.69, 9.17) is 0 Å². The molecular formula is C11H11NO2. The predicted octanol–water partition coefficient (Wildman–Crippen LogP) is 1.77. The molecule has 0 aliphatic carbocycles. The summed E-state index contributed by atoms with van der Waals surface area (Å²) in [4.78, 5) is 22.2. The van der Waals surface area contributed by atoms with E-state index >= 15 is 0 Å². The number of carbonyl (C=O) groups excluding carboxylic acids is 2. The van der Waals surface area contributed by atoms with Crippen molar-refractivity contribution in [2.45, 2.75) is 19.8 Å². The van der Waals surface area contributed by atoms with Crippen molar-refractivity contribution in [1.29, 1.82) is 0 Å². The van der Waals surface area contributed by atoms with Gasteiger partial charge in [0, 0.05) is 17.7 Å². The van der Waals surface area contributed by atoms with Crippen molar-refractivity contribution in [2.75, 3.05) is 5.32 Å². The molecule has 0 fully saturated rings. The third kappa shape index (κ3) is 1.53. The number of hydrogen-bond acceptors (Lipinski definition) is 2. The minimum atomic E-state index is 0.0209. The van der Waals surface area contributed by atoms with Gasteiger partial charge in [-0.05, 0) is 25.0 Å². The molecule has 1 N–H and O–H groups in total. The second-order valence-corrected chi connectivity index (χ2v) is 3.48. The summed E-state index contributed by atoms with van der Waals surface area (Å²) in [6.07, 6.45) is 1.30. The molecule has 3 nitrogen and oxygen atoms in total. The van der Waals surface area contributed by atoms with E-state index in [0.29, 0.717) is 12.0 Å². The first-order valence-electron chi connectivity index (χ1n) is 4.60. The van der Waals surface area contributed by atoms with Crippen molar-refractivity contribution in [3.8, 4) is 0 Å². The summed E-state index contributed by atoms with van der Waals surface area (Å²) in [5.74, 6) is 0.0471. The Kier molecular flexibility index (Phi) is 2.08. The van der Waals surface area contributed by atoms with Gasteiger partial charge >= 0.3 is 0 Å². The smallest absolute Gasteiger partial charge is 0.224 e. The summed E-state index contributed by atoms with van der Waals surface area (Å²) in [6, 6.07) is 5.46. The standard InChI is InChI=1S/C11H11NO2/c1-7(13)9-3-2-8-4-5-11(14)12-10(8)6-9/h2-3,6H,4-5H2,1H3,(H,12,14). The average molecular weight is 189 g/mol. The molecule has 0 aromatic heterocycles. The van der Waals surface area contributed by atoms with Crippen LogP contribution in [0.5, 0.6) is 0 Å². The van der Waals surface area contributed by atoms with Crippen LogP contribution >= 0.6 is 0 Å². The van der Waals surface area contributed by atoms with Gasteiger partial charge in [0.15, 0.2) is 5.78 Å². The lowest BCUT2D eigenvalue weighted by molar-refractivity contribution is -0.116. The Morgan fingerprint density at radius 2 is 2.14 bits per heavy atom. The second kappa shape index (κ2) is 3.25. The van der Waals surface area contributed by atoms with E-state index in [0.717, 1.165) is 17.7 Å². The van der Waals surface area contributed by atoms with Gasteiger partial charge in [-0.3, -0.25) is 9.59 Å². The van der Waals surface area contributed by atoms with Gasteiger partial charge in [-0.25, -0.2) is 0 Å². The number of ketones is 1. The van der Waals surface area contributed by atoms with Gasteiger partial charge in [-0.2, -0.15) is 0 Å². The molecule has 2 rings (SSSR count). The van der Waals surface area contributed by atoms with Crippen LogP contribution in [-0.4, -0.2) is 11.7 Å². The van der Waals surface area contributed by atoms with Gasteiger partial charge in [-0.15, -0.1) is 0 Å². The number of Topliss-reactive ketones (excluding diaryl/α,β-unsaturated/α-hetero) is 1.